The van der Waals surface area contributed by atoms with E-state index in [-0.39, 0.29) is 6.61 Å². The first-order valence-electron chi connectivity index (χ1n) is 4.23. The van der Waals surface area contributed by atoms with Crippen molar-refractivity contribution in [3.05, 3.63) is 23.7 Å². The molecule has 2 rings (SSSR count). The molecule has 3 heteroatoms. The maximum Gasteiger partial charge on any atom is 0.108 e. The highest BCUT2D eigenvalue weighted by molar-refractivity contribution is 5.29. The molecule has 1 aliphatic carbocycles. The van der Waals surface area contributed by atoms with Crippen LogP contribution in [0.4, 0.5) is 0 Å². The SMILES string of the molecule is NC1(CO)CCCc2occc21. The molecule has 0 spiro atoms. The molecule has 3 nitrogen and oxygen atoms in total. The largest absolute Gasteiger partial charge is 0.469 e. The van der Waals surface area contributed by atoms with E-state index >= 15 is 0 Å². The average Bonchev–Trinajstić information content (AvgIpc) is 2.54. The fraction of sp³-hybridized carbons (Fsp3) is 0.556. The summed E-state index contributed by atoms with van der Waals surface area (Å²) in [5.41, 5.74) is 6.43. The van der Waals surface area contributed by atoms with Crippen molar-refractivity contribution < 1.29 is 9.52 Å². The molecule has 0 aromatic carbocycles. The molecule has 0 fully saturated rings. The molecule has 12 heavy (non-hydrogen) atoms. The first-order chi connectivity index (χ1) is 5.76. The number of aryl methyl sites for hydroxylation is 1. The van der Waals surface area contributed by atoms with Gasteiger partial charge < -0.3 is 15.3 Å². The van der Waals surface area contributed by atoms with Crippen LogP contribution in [-0.2, 0) is 12.0 Å². The van der Waals surface area contributed by atoms with Crippen LogP contribution >= 0.6 is 0 Å². The molecule has 1 aromatic heterocycles. The zero-order chi connectivity index (χ0) is 8.60. The molecule has 3 N–H and O–H groups in total. The van der Waals surface area contributed by atoms with E-state index in [2.05, 4.69) is 0 Å². The summed E-state index contributed by atoms with van der Waals surface area (Å²) in [6.45, 7) is -0.000463. The number of rotatable bonds is 1. The van der Waals surface area contributed by atoms with Crippen molar-refractivity contribution in [2.75, 3.05) is 6.61 Å². The normalized spacial score (nSPS) is 28.5. The number of aliphatic hydroxyl groups is 1. The van der Waals surface area contributed by atoms with Crippen LogP contribution in [0.25, 0.3) is 0 Å². The molecular weight excluding hydrogens is 154 g/mol. The highest BCUT2D eigenvalue weighted by Crippen LogP contribution is 2.33. The third-order valence-corrected chi connectivity index (χ3v) is 2.59. The van der Waals surface area contributed by atoms with E-state index in [0.29, 0.717) is 0 Å². The van der Waals surface area contributed by atoms with Crippen LogP contribution in [0.15, 0.2) is 16.7 Å². The van der Waals surface area contributed by atoms with Crippen molar-refractivity contribution >= 4 is 0 Å². The van der Waals surface area contributed by atoms with E-state index < -0.39 is 5.54 Å². The first kappa shape index (κ1) is 7.83. The fourth-order valence-electron chi connectivity index (χ4n) is 1.84. The standard InChI is InChI=1S/C9H13NO2/c10-9(6-11)4-1-2-8-7(9)3-5-12-8/h3,5,11H,1-2,4,6,10H2. The number of hydrogen-bond donors (Lipinski definition) is 2. The Balaban J connectivity index is 2.44. The monoisotopic (exact) mass is 167 g/mol. The highest BCUT2D eigenvalue weighted by atomic mass is 16.3. The Labute approximate surface area is 71.2 Å². The Hall–Kier alpha value is -0.800. The summed E-state index contributed by atoms with van der Waals surface area (Å²) in [6, 6.07) is 1.87. The smallest absolute Gasteiger partial charge is 0.108 e. The van der Waals surface area contributed by atoms with Crippen molar-refractivity contribution in [1.29, 1.82) is 0 Å². The molecule has 1 atom stereocenters. The van der Waals surface area contributed by atoms with Gasteiger partial charge in [0.1, 0.15) is 5.76 Å². The van der Waals surface area contributed by atoms with E-state index in [1.165, 1.54) is 0 Å². The fourth-order valence-corrected chi connectivity index (χ4v) is 1.84. The molecule has 1 aliphatic rings. The van der Waals surface area contributed by atoms with Crippen molar-refractivity contribution in [2.45, 2.75) is 24.8 Å². The van der Waals surface area contributed by atoms with Crippen LogP contribution in [0.3, 0.4) is 0 Å². The van der Waals surface area contributed by atoms with Gasteiger partial charge in [0.15, 0.2) is 0 Å². The van der Waals surface area contributed by atoms with Gasteiger partial charge in [-0.15, -0.1) is 0 Å². The maximum absolute atomic E-state index is 9.15. The van der Waals surface area contributed by atoms with Crippen LogP contribution in [-0.4, -0.2) is 11.7 Å². The van der Waals surface area contributed by atoms with Gasteiger partial charge in [0.25, 0.3) is 0 Å². The van der Waals surface area contributed by atoms with Crippen molar-refractivity contribution in [2.24, 2.45) is 5.73 Å². The van der Waals surface area contributed by atoms with E-state index in [4.69, 9.17) is 15.3 Å². The molecule has 0 saturated heterocycles. The zero-order valence-electron chi connectivity index (χ0n) is 6.92. The minimum atomic E-state index is -0.555. The van der Waals surface area contributed by atoms with Gasteiger partial charge >= 0.3 is 0 Å². The lowest BCUT2D eigenvalue weighted by Crippen LogP contribution is -2.42. The summed E-state index contributed by atoms with van der Waals surface area (Å²) in [6.07, 6.45) is 4.43. The Morgan fingerprint density at radius 1 is 1.67 bits per heavy atom. The third-order valence-electron chi connectivity index (χ3n) is 2.59. The quantitative estimate of drug-likeness (QED) is 0.649. The summed E-state index contributed by atoms with van der Waals surface area (Å²) >= 11 is 0. The maximum atomic E-state index is 9.15. The minimum absolute atomic E-state index is 0.000463. The predicted molar refractivity (Wildman–Crippen MR) is 44.6 cm³/mol. The van der Waals surface area contributed by atoms with E-state index in [9.17, 15) is 0 Å². The summed E-state index contributed by atoms with van der Waals surface area (Å²) in [5, 5.41) is 9.15. The molecule has 0 bridgehead atoms. The predicted octanol–water partition coefficient (Wildman–Crippen LogP) is 0.762. The number of nitrogens with two attached hydrogens (primary N) is 1. The van der Waals surface area contributed by atoms with Crippen molar-refractivity contribution in [3.63, 3.8) is 0 Å². The van der Waals surface area contributed by atoms with E-state index in [1.54, 1.807) is 6.26 Å². The summed E-state index contributed by atoms with van der Waals surface area (Å²) in [7, 11) is 0. The Morgan fingerprint density at radius 3 is 3.25 bits per heavy atom. The minimum Gasteiger partial charge on any atom is -0.469 e. The van der Waals surface area contributed by atoms with Gasteiger partial charge in [-0.25, -0.2) is 0 Å². The highest BCUT2D eigenvalue weighted by Gasteiger charge is 2.33. The van der Waals surface area contributed by atoms with Crippen LogP contribution < -0.4 is 5.73 Å². The summed E-state index contributed by atoms with van der Waals surface area (Å²) in [5.74, 6) is 0.942. The number of fused-ring (bicyclic) bond motifs is 1. The summed E-state index contributed by atoms with van der Waals surface area (Å²) < 4.78 is 5.26. The molecule has 1 unspecified atom stereocenters. The van der Waals surface area contributed by atoms with Crippen molar-refractivity contribution in [1.82, 2.24) is 0 Å². The second-order valence-electron chi connectivity index (χ2n) is 3.43. The molecule has 0 saturated carbocycles. The second kappa shape index (κ2) is 2.61. The number of hydrogen-bond acceptors (Lipinski definition) is 3. The molecule has 1 aromatic rings. The summed E-state index contributed by atoms with van der Waals surface area (Å²) in [4.78, 5) is 0. The van der Waals surface area contributed by atoms with Gasteiger partial charge in [-0.05, 0) is 18.9 Å². The van der Waals surface area contributed by atoms with Gasteiger partial charge in [-0.3, -0.25) is 0 Å². The van der Waals surface area contributed by atoms with Crippen LogP contribution in [0.2, 0.25) is 0 Å². The topological polar surface area (TPSA) is 59.4 Å². The zero-order valence-corrected chi connectivity index (χ0v) is 6.92. The average molecular weight is 167 g/mol. The molecule has 0 aliphatic heterocycles. The second-order valence-corrected chi connectivity index (χ2v) is 3.43. The van der Waals surface area contributed by atoms with E-state index in [1.807, 2.05) is 6.07 Å². The Morgan fingerprint density at radius 2 is 2.50 bits per heavy atom. The van der Waals surface area contributed by atoms with Gasteiger partial charge in [-0.2, -0.15) is 0 Å². The van der Waals surface area contributed by atoms with Gasteiger partial charge in [0.05, 0.1) is 18.4 Å². The lowest BCUT2D eigenvalue weighted by Gasteiger charge is -2.30. The Kier molecular flexibility index (Phi) is 1.70. The Bertz CT molecular complexity index is 282. The molecular formula is C9H13NO2. The molecule has 0 amide bonds. The third kappa shape index (κ3) is 0.974. The van der Waals surface area contributed by atoms with Gasteiger partial charge in [-0.1, -0.05) is 0 Å². The van der Waals surface area contributed by atoms with E-state index in [0.717, 1.165) is 30.6 Å². The van der Waals surface area contributed by atoms with Crippen LogP contribution in [0, 0.1) is 0 Å². The lowest BCUT2D eigenvalue weighted by molar-refractivity contribution is 0.175. The van der Waals surface area contributed by atoms with Crippen LogP contribution in [0.5, 0.6) is 0 Å². The number of furan rings is 1. The van der Waals surface area contributed by atoms with Gasteiger partial charge in [0.2, 0.25) is 0 Å². The molecule has 1 heterocycles. The first-order valence-corrected chi connectivity index (χ1v) is 4.23. The molecule has 0 radical (unpaired) electrons. The van der Waals surface area contributed by atoms with Crippen LogP contribution in [0.1, 0.15) is 24.2 Å². The number of aliphatic hydroxyl groups excluding tert-OH is 1. The van der Waals surface area contributed by atoms with Gasteiger partial charge in [0, 0.05) is 12.0 Å². The molecule has 66 valence electrons. The lowest BCUT2D eigenvalue weighted by atomic mass is 9.81. The van der Waals surface area contributed by atoms with Crippen molar-refractivity contribution in [3.8, 4) is 0 Å².